The van der Waals surface area contributed by atoms with Crippen molar-refractivity contribution in [3.8, 4) is 0 Å². The van der Waals surface area contributed by atoms with Gasteiger partial charge in [-0.2, -0.15) is 0 Å². The molecule has 1 heterocycles. The van der Waals surface area contributed by atoms with Gasteiger partial charge in [0.15, 0.2) is 0 Å². The number of hydrogen-bond donors (Lipinski definition) is 0. The summed E-state index contributed by atoms with van der Waals surface area (Å²) in [6.07, 6.45) is 13.9. The van der Waals surface area contributed by atoms with Gasteiger partial charge in [-0.3, -0.25) is 19.2 Å². The van der Waals surface area contributed by atoms with Crippen molar-refractivity contribution in [2.24, 2.45) is 4.99 Å². The number of allylic oxidation sites excluding steroid dienone is 3. The van der Waals surface area contributed by atoms with E-state index in [4.69, 9.17) is 4.74 Å². The molecule has 0 bridgehead atoms. The van der Waals surface area contributed by atoms with E-state index in [0.717, 1.165) is 44.7 Å². The minimum atomic E-state index is -1.38. The lowest BCUT2D eigenvalue weighted by atomic mass is 10.0. The number of ether oxygens (including phenoxy) is 1. The molecule has 0 aromatic rings. The molecule has 0 N–H and O–H groups in total. The molecular formula is C18H23NO5. The summed E-state index contributed by atoms with van der Waals surface area (Å²) in [6, 6.07) is 0. The van der Waals surface area contributed by atoms with Crippen LogP contribution in [0.15, 0.2) is 29.5 Å². The van der Waals surface area contributed by atoms with Gasteiger partial charge < -0.3 is 4.74 Å². The largest absolute Gasteiger partial charge is 0.501 e. The zero-order valence-corrected chi connectivity index (χ0v) is 13.7. The van der Waals surface area contributed by atoms with Crippen LogP contribution in [0.2, 0.25) is 0 Å². The molecule has 1 aliphatic rings. The molecule has 0 saturated carbocycles. The first-order valence-electron chi connectivity index (χ1n) is 8.26. The van der Waals surface area contributed by atoms with Crippen molar-refractivity contribution in [1.29, 1.82) is 0 Å². The first-order valence-corrected chi connectivity index (χ1v) is 8.26. The number of carbonyl (C=O) groups excluding carboxylic acids is 4. The molecule has 1 aliphatic heterocycles. The third-order valence-electron chi connectivity index (χ3n) is 3.49. The number of Topliss-reactive ketones (excluding diaryl/α,β-unsaturated/α-hetero) is 3. The van der Waals surface area contributed by atoms with Gasteiger partial charge in [-0.25, -0.2) is 4.99 Å². The lowest BCUT2D eigenvalue weighted by Gasteiger charge is -2.02. The molecule has 0 radical (unpaired) electrons. The summed E-state index contributed by atoms with van der Waals surface area (Å²) in [5.74, 6) is -4.69. The van der Waals surface area contributed by atoms with E-state index >= 15 is 0 Å². The Kier molecular flexibility index (Phi) is 9.92. The van der Waals surface area contributed by atoms with Crippen LogP contribution in [-0.2, 0) is 23.9 Å². The number of hydrogen-bond acceptors (Lipinski definition) is 5. The van der Waals surface area contributed by atoms with Crippen LogP contribution in [0, 0.1) is 0 Å². The third kappa shape index (κ3) is 8.31. The average Bonchev–Trinajstić information content (AvgIpc) is 2.58. The molecule has 0 aromatic heterocycles. The summed E-state index contributed by atoms with van der Waals surface area (Å²) in [5.41, 5.74) is 0. The first-order chi connectivity index (χ1) is 11.6. The van der Waals surface area contributed by atoms with Crippen LogP contribution in [0.25, 0.3) is 0 Å². The van der Waals surface area contributed by atoms with Crippen LogP contribution >= 0.6 is 0 Å². The molecule has 1 rings (SSSR count). The first kappa shape index (κ1) is 19.7. The standard InChI is InChI=1S/C18H23NO5/c20-15-11-7-4-2-1-3-5-9-13-24-14-10-6-8-12-19-18(23)17(22)16(15)21/h6,8,10,12,14H,1-5,7,9,11,13H2. The highest BCUT2D eigenvalue weighted by Crippen LogP contribution is 2.09. The van der Waals surface area contributed by atoms with Gasteiger partial charge in [0.05, 0.1) is 12.9 Å². The minimum absolute atomic E-state index is 0.000104. The summed E-state index contributed by atoms with van der Waals surface area (Å²) < 4.78 is 5.30. The number of ketones is 3. The molecule has 0 atom stereocenters. The normalized spacial score (nSPS) is 20.0. The molecule has 0 unspecified atom stereocenters. The van der Waals surface area contributed by atoms with Gasteiger partial charge in [0.1, 0.15) is 0 Å². The maximum absolute atomic E-state index is 11.6. The summed E-state index contributed by atoms with van der Waals surface area (Å²) in [5, 5.41) is 0. The van der Waals surface area contributed by atoms with E-state index in [1.165, 1.54) is 12.3 Å². The van der Waals surface area contributed by atoms with Crippen LogP contribution in [-0.4, -0.2) is 36.1 Å². The zero-order chi connectivity index (χ0) is 17.6. The van der Waals surface area contributed by atoms with Crippen molar-refractivity contribution in [2.45, 2.75) is 51.4 Å². The lowest BCUT2D eigenvalue weighted by Crippen LogP contribution is -2.29. The number of aliphatic imine (C=N–C) groups is 1. The van der Waals surface area contributed by atoms with Crippen molar-refractivity contribution >= 4 is 29.5 Å². The van der Waals surface area contributed by atoms with Crippen LogP contribution in [0.3, 0.4) is 0 Å². The zero-order valence-electron chi connectivity index (χ0n) is 13.7. The van der Waals surface area contributed by atoms with Crippen LogP contribution in [0.5, 0.6) is 0 Å². The Labute approximate surface area is 141 Å². The van der Waals surface area contributed by atoms with Crippen LogP contribution in [0.1, 0.15) is 51.4 Å². The van der Waals surface area contributed by atoms with E-state index in [2.05, 4.69) is 4.99 Å². The predicted molar refractivity (Wildman–Crippen MR) is 89.7 cm³/mol. The minimum Gasteiger partial charge on any atom is -0.501 e. The fourth-order valence-corrected chi connectivity index (χ4v) is 2.14. The van der Waals surface area contributed by atoms with Crippen molar-refractivity contribution < 1.29 is 23.9 Å². The monoisotopic (exact) mass is 333 g/mol. The summed E-state index contributed by atoms with van der Waals surface area (Å²) in [4.78, 5) is 49.6. The van der Waals surface area contributed by atoms with Gasteiger partial charge in [0.25, 0.3) is 11.6 Å². The summed E-state index contributed by atoms with van der Waals surface area (Å²) in [7, 11) is 0. The second kappa shape index (κ2) is 12.1. The molecule has 0 saturated heterocycles. The molecular weight excluding hydrogens is 310 g/mol. The van der Waals surface area contributed by atoms with Crippen LogP contribution in [0.4, 0.5) is 0 Å². The van der Waals surface area contributed by atoms with Crippen molar-refractivity contribution in [1.82, 2.24) is 0 Å². The molecule has 0 aliphatic carbocycles. The van der Waals surface area contributed by atoms with Gasteiger partial charge >= 0.3 is 5.91 Å². The molecule has 0 aromatic carbocycles. The van der Waals surface area contributed by atoms with Crippen molar-refractivity contribution in [3.63, 3.8) is 0 Å². The maximum atomic E-state index is 11.6. The lowest BCUT2D eigenvalue weighted by molar-refractivity contribution is -0.148. The SMILES string of the molecule is O=C1CCCCCCCCCOC=CC=CC=NC(=O)C(=O)C1=O. The van der Waals surface area contributed by atoms with Gasteiger partial charge in [-0.05, 0) is 25.0 Å². The Morgan fingerprint density at radius 2 is 1.42 bits per heavy atom. The quantitative estimate of drug-likeness (QED) is 0.635. The highest BCUT2D eigenvalue weighted by atomic mass is 16.5. The highest BCUT2D eigenvalue weighted by molar-refractivity contribution is 6.78. The van der Waals surface area contributed by atoms with Crippen LogP contribution < -0.4 is 0 Å². The average molecular weight is 333 g/mol. The van der Waals surface area contributed by atoms with Crippen molar-refractivity contribution in [2.75, 3.05) is 6.61 Å². The highest BCUT2D eigenvalue weighted by Gasteiger charge is 2.27. The van der Waals surface area contributed by atoms with E-state index in [9.17, 15) is 19.2 Å². The predicted octanol–water partition coefficient (Wildman–Crippen LogP) is 2.51. The van der Waals surface area contributed by atoms with E-state index in [0.29, 0.717) is 13.0 Å². The van der Waals surface area contributed by atoms with Gasteiger partial charge in [-0.1, -0.05) is 38.2 Å². The molecule has 6 heteroatoms. The van der Waals surface area contributed by atoms with Crippen molar-refractivity contribution in [3.05, 3.63) is 24.5 Å². The Morgan fingerprint density at radius 1 is 0.750 bits per heavy atom. The summed E-state index contributed by atoms with van der Waals surface area (Å²) >= 11 is 0. The Morgan fingerprint density at radius 3 is 2.17 bits per heavy atom. The number of rotatable bonds is 0. The third-order valence-corrected chi connectivity index (χ3v) is 3.49. The van der Waals surface area contributed by atoms with Gasteiger partial charge in [0, 0.05) is 12.6 Å². The van der Waals surface area contributed by atoms with E-state index in [1.54, 1.807) is 12.2 Å². The molecule has 0 spiro atoms. The fraction of sp³-hybridized carbons (Fsp3) is 0.500. The molecule has 130 valence electrons. The Balaban J connectivity index is 2.62. The maximum Gasteiger partial charge on any atom is 0.321 e. The molecule has 0 fully saturated rings. The van der Waals surface area contributed by atoms with Gasteiger partial charge in [-0.15, -0.1) is 0 Å². The number of carbonyl (C=O) groups is 4. The molecule has 1 amide bonds. The molecule has 6 nitrogen and oxygen atoms in total. The second-order valence-electron chi connectivity index (χ2n) is 5.47. The van der Waals surface area contributed by atoms with E-state index in [1.807, 2.05) is 0 Å². The van der Waals surface area contributed by atoms with E-state index < -0.39 is 23.3 Å². The smallest absolute Gasteiger partial charge is 0.321 e. The Hall–Kier alpha value is -2.37. The number of nitrogens with zero attached hydrogens (tertiary/aromatic N) is 1. The van der Waals surface area contributed by atoms with Gasteiger partial charge in [0.2, 0.25) is 5.78 Å². The molecule has 24 heavy (non-hydrogen) atoms. The van der Waals surface area contributed by atoms with E-state index in [-0.39, 0.29) is 6.42 Å². The topological polar surface area (TPSA) is 89.9 Å². The summed E-state index contributed by atoms with van der Waals surface area (Å²) in [6.45, 7) is 0.655. The Bertz CT molecular complexity index is 546. The number of amides is 1. The fourth-order valence-electron chi connectivity index (χ4n) is 2.14. The second-order valence-corrected chi connectivity index (χ2v) is 5.47.